The number of halogens is 1. The molecular formula is C25H40FNO3Si. The summed E-state index contributed by atoms with van der Waals surface area (Å²) in [6.07, 6.45) is 4.68. The molecule has 6 heteroatoms. The molecule has 1 aromatic rings. The molecule has 2 fully saturated rings. The minimum atomic E-state index is -1.29. The lowest BCUT2D eigenvalue weighted by Gasteiger charge is -2.40. The van der Waals surface area contributed by atoms with Crippen LogP contribution >= 0.6 is 0 Å². The van der Waals surface area contributed by atoms with E-state index in [0.29, 0.717) is 6.54 Å². The van der Waals surface area contributed by atoms with Crippen molar-refractivity contribution in [2.45, 2.75) is 78.0 Å². The summed E-state index contributed by atoms with van der Waals surface area (Å²) in [5.41, 5.74) is 0.312. The van der Waals surface area contributed by atoms with Gasteiger partial charge in [-0.2, -0.15) is 0 Å². The van der Waals surface area contributed by atoms with E-state index in [-0.39, 0.29) is 29.2 Å². The summed E-state index contributed by atoms with van der Waals surface area (Å²) in [6, 6.07) is 6.95. The third kappa shape index (κ3) is 5.77. The van der Waals surface area contributed by atoms with E-state index < -0.39 is 20.4 Å². The van der Waals surface area contributed by atoms with Crippen molar-refractivity contribution in [3.8, 4) is 0 Å². The molecule has 0 spiro atoms. The largest absolute Gasteiger partial charge is 0.481 e. The van der Waals surface area contributed by atoms with E-state index in [1.165, 1.54) is 6.07 Å². The highest BCUT2D eigenvalue weighted by Crippen LogP contribution is 2.45. The maximum absolute atomic E-state index is 14.1. The lowest BCUT2D eigenvalue weighted by Crippen LogP contribution is -2.45. The average molecular weight is 450 g/mol. The summed E-state index contributed by atoms with van der Waals surface area (Å²) in [4.78, 5) is 14.6. The summed E-state index contributed by atoms with van der Waals surface area (Å²) in [5.74, 6) is -0.514. The summed E-state index contributed by atoms with van der Waals surface area (Å²) in [6.45, 7) is 13.2. The number of rotatable bonds is 7. The van der Waals surface area contributed by atoms with Gasteiger partial charge in [0.05, 0.1) is 11.5 Å². The number of hydrogen-bond acceptors (Lipinski definition) is 3. The molecule has 1 aliphatic carbocycles. The lowest BCUT2D eigenvalue weighted by atomic mass is 9.73. The zero-order valence-electron chi connectivity index (χ0n) is 19.9. The number of aliphatic carboxylic acids is 1. The van der Waals surface area contributed by atoms with Crippen LogP contribution in [0.4, 0.5) is 4.39 Å². The van der Waals surface area contributed by atoms with E-state index >= 15 is 0 Å². The van der Waals surface area contributed by atoms with Crippen molar-refractivity contribution in [2.24, 2.45) is 16.7 Å². The Morgan fingerprint density at radius 1 is 1.26 bits per heavy atom. The van der Waals surface area contributed by atoms with Crippen LogP contribution < -0.4 is 0 Å². The Labute approximate surface area is 188 Å². The number of carbonyl (C=O) groups is 1. The molecule has 4 nitrogen and oxygen atoms in total. The number of carboxylic acids is 1. The first-order chi connectivity index (χ1) is 14.5. The van der Waals surface area contributed by atoms with E-state index in [9.17, 15) is 14.3 Å². The average Bonchev–Trinajstić information content (AvgIpc) is 3.09. The van der Waals surface area contributed by atoms with Crippen LogP contribution in [0.25, 0.3) is 0 Å². The SMILES string of the molecule is C[SiH](C)OC([C@H]1CN(CC2(C(=O)O)CCCCC2)C[C@@H]1c1cccc(F)c1)C(C)(C)C. The molecule has 0 amide bonds. The second kappa shape index (κ2) is 9.71. The fraction of sp³-hybridized carbons (Fsp3) is 0.720. The van der Waals surface area contributed by atoms with Crippen LogP contribution in [-0.4, -0.2) is 50.8 Å². The Hall–Kier alpha value is -1.24. The number of likely N-dealkylation sites (tertiary alicyclic amines) is 1. The standard InChI is InChI=1S/C25H40FNO3Si/c1-24(2,3)22(30-31(4)5)21-16-27(15-20(21)18-10-9-11-19(26)14-18)17-25(23(28)29)12-7-6-8-13-25/h9-11,14,20-22,31H,6-8,12-13,15-17H2,1-5H3,(H,28,29)/t20-,21+,22?/m1/s1. The van der Waals surface area contributed by atoms with Crippen molar-refractivity contribution in [2.75, 3.05) is 19.6 Å². The maximum atomic E-state index is 14.1. The van der Waals surface area contributed by atoms with Gasteiger partial charge in [-0.25, -0.2) is 4.39 Å². The molecule has 1 unspecified atom stereocenters. The monoisotopic (exact) mass is 449 g/mol. The van der Waals surface area contributed by atoms with Crippen LogP contribution in [0.3, 0.4) is 0 Å². The topological polar surface area (TPSA) is 49.8 Å². The third-order valence-corrected chi connectivity index (χ3v) is 8.01. The van der Waals surface area contributed by atoms with Gasteiger partial charge in [0.15, 0.2) is 9.04 Å². The lowest BCUT2D eigenvalue weighted by molar-refractivity contribution is -0.152. The summed E-state index contributed by atoms with van der Waals surface area (Å²) >= 11 is 0. The van der Waals surface area contributed by atoms with Crippen molar-refractivity contribution in [3.63, 3.8) is 0 Å². The van der Waals surface area contributed by atoms with Gasteiger partial charge >= 0.3 is 5.97 Å². The smallest absolute Gasteiger partial charge is 0.310 e. The third-order valence-electron chi connectivity index (χ3n) is 7.17. The Morgan fingerprint density at radius 2 is 1.94 bits per heavy atom. The van der Waals surface area contributed by atoms with E-state index in [0.717, 1.165) is 50.8 Å². The second-order valence-corrected chi connectivity index (χ2v) is 13.5. The van der Waals surface area contributed by atoms with Gasteiger partial charge < -0.3 is 14.4 Å². The quantitative estimate of drug-likeness (QED) is 0.575. The first-order valence-electron chi connectivity index (χ1n) is 11.9. The van der Waals surface area contributed by atoms with Gasteiger partial charge in [-0.3, -0.25) is 4.79 Å². The molecule has 1 aliphatic heterocycles. The van der Waals surface area contributed by atoms with Crippen LogP contribution in [-0.2, 0) is 9.22 Å². The van der Waals surface area contributed by atoms with Crippen LogP contribution in [0.15, 0.2) is 24.3 Å². The molecule has 3 rings (SSSR count). The molecule has 1 aromatic carbocycles. The van der Waals surface area contributed by atoms with Crippen LogP contribution in [0.2, 0.25) is 13.1 Å². The number of nitrogens with zero attached hydrogens (tertiary/aromatic N) is 1. The van der Waals surface area contributed by atoms with Gasteiger partial charge in [0, 0.05) is 31.5 Å². The number of carboxylic acid groups (broad SMARTS) is 1. The normalized spacial score (nSPS) is 25.6. The first kappa shape index (κ1) is 24.4. The van der Waals surface area contributed by atoms with Crippen LogP contribution in [0.5, 0.6) is 0 Å². The Bertz CT molecular complexity index is 757. The van der Waals surface area contributed by atoms with Crippen molar-refractivity contribution in [1.82, 2.24) is 4.90 Å². The minimum absolute atomic E-state index is 0.0428. The fourth-order valence-electron chi connectivity index (χ4n) is 5.78. The maximum Gasteiger partial charge on any atom is 0.310 e. The van der Waals surface area contributed by atoms with Crippen molar-refractivity contribution >= 4 is 15.0 Å². The van der Waals surface area contributed by atoms with Gasteiger partial charge in [0.1, 0.15) is 5.82 Å². The van der Waals surface area contributed by atoms with Crippen LogP contribution in [0.1, 0.15) is 64.4 Å². The molecule has 0 aromatic heterocycles. The predicted octanol–water partition coefficient (Wildman–Crippen LogP) is 5.29. The molecule has 3 atom stereocenters. The molecule has 0 radical (unpaired) electrons. The molecule has 1 N–H and O–H groups in total. The molecule has 1 heterocycles. The van der Waals surface area contributed by atoms with E-state index in [1.54, 1.807) is 12.1 Å². The molecule has 174 valence electrons. The van der Waals surface area contributed by atoms with Gasteiger partial charge in [-0.15, -0.1) is 0 Å². The van der Waals surface area contributed by atoms with Crippen LogP contribution in [0, 0.1) is 22.6 Å². The van der Waals surface area contributed by atoms with E-state index in [1.807, 2.05) is 6.07 Å². The Kier molecular flexibility index (Phi) is 7.65. The summed E-state index contributed by atoms with van der Waals surface area (Å²) in [7, 11) is -1.29. The first-order valence-corrected chi connectivity index (χ1v) is 14.7. The van der Waals surface area contributed by atoms with E-state index in [4.69, 9.17) is 4.43 Å². The van der Waals surface area contributed by atoms with Gasteiger partial charge in [0.25, 0.3) is 0 Å². The minimum Gasteiger partial charge on any atom is -0.481 e. The summed E-state index contributed by atoms with van der Waals surface area (Å²) in [5, 5.41) is 10.1. The Balaban J connectivity index is 1.92. The highest BCUT2D eigenvalue weighted by Gasteiger charge is 2.48. The summed E-state index contributed by atoms with van der Waals surface area (Å²) < 4.78 is 20.7. The van der Waals surface area contributed by atoms with Crippen molar-refractivity contribution in [3.05, 3.63) is 35.6 Å². The molecule has 31 heavy (non-hydrogen) atoms. The molecule has 1 saturated heterocycles. The fourth-order valence-corrected chi connectivity index (χ4v) is 6.97. The van der Waals surface area contributed by atoms with Gasteiger partial charge in [-0.1, -0.05) is 52.2 Å². The Morgan fingerprint density at radius 3 is 2.48 bits per heavy atom. The molecule has 0 bridgehead atoms. The van der Waals surface area contributed by atoms with E-state index in [2.05, 4.69) is 38.8 Å². The molecular weight excluding hydrogens is 409 g/mol. The number of benzene rings is 1. The predicted molar refractivity (Wildman–Crippen MR) is 125 cm³/mol. The van der Waals surface area contributed by atoms with Gasteiger partial charge in [-0.05, 0) is 49.0 Å². The second-order valence-electron chi connectivity index (χ2n) is 11.1. The highest BCUT2D eigenvalue weighted by atomic mass is 28.3. The highest BCUT2D eigenvalue weighted by molar-refractivity contribution is 6.48. The van der Waals surface area contributed by atoms with Crippen molar-refractivity contribution < 1.29 is 18.7 Å². The van der Waals surface area contributed by atoms with Gasteiger partial charge in [0.2, 0.25) is 0 Å². The molecule has 2 aliphatic rings. The molecule has 1 saturated carbocycles. The zero-order valence-corrected chi connectivity index (χ0v) is 21.0. The zero-order chi connectivity index (χ0) is 22.8. The van der Waals surface area contributed by atoms with Crippen molar-refractivity contribution in [1.29, 1.82) is 0 Å². The number of hydrogen-bond donors (Lipinski definition) is 1.